The van der Waals surface area contributed by atoms with Gasteiger partial charge in [0, 0.05) is 0 Å². The molecular weight excluding hydrogens is 452 g/mol. The Morgan fingerprint density at radius 3 is 1.14 bits per heavy atom. The second-order valence-corrected chi connectivity index (χ2v) is 9.36. The first-order valence-corrected chi connectivity index (χ1v) is 13.2. The van der Waals surface area contributed by atoms with Crippen LogP contribution in [-0.4, -0.2) is 50.3 Å². The van der Waals surface area contributed by atoms with Gasteiger partial charge in [0.05, 0.1) is 52.1 Å². The molecule has 0 spiro atoms. The lowest BCUT2D eigenvalue weighted by molar-refractivity contribution is -0.151. The van der Waals surface area contributed by atoms with E-state index in [1.807, 2.05) is 27.7 Å². The van der Waals surface area contributed by atoms with Crippen LogP contribution in [0, 0.1) is 11.8 Å². The van der Waals surface area contributed by atoms with E-state index >= 15 is 0 Å². The molecule has 0 atom stereocenters. The van der Waals surface area contributed by atoms with Gasteiger partial charge in [0.1, 0.15) is 0 Å². The molecule has 0 rings (SSSR count). The van der Waals surface area contributed by atoms with Crippen molar-refractivity contribution in [2.24, 2.45) is 11.8 Å². The summed E-state index contributed by atoms with van der Waals surface area (Å²) in [4.78, 5) is 44.9. The van der Waals surface area contributed by atoms with E-state index in [-0.39, 0.29) is 49.6 Å². The fourth-order valence-electron chi connectivity index (χ4n) is 2.47. The van der Waals surface area contributed by atoms with Gasteiger partial charge in [-0.15, -0.1) is 0 Å². The molecule has 206 valence electrons. The predicted molar refractivity (Wildman–Crippen MR) is 136 cm³/mol. The molecule has 0 radical (unpaired) electrons. The van der Waals surface area contributed by atoms with Crippen LogP contribution in [0.4, 0.5) is 0 Å². The third-order valence-corrected chi connectivity index (χ3v) is 4.49. The topological polar surface area (TPSA) is 105 Å². The number of rotatable bonds is 19. The molecule has 0 aliphatic rings. The lowest BCUT2D eigenvalue weighted by Gasteiger charge is -2.07. The smallest absolute Gasteiger partial charge is 0.306 e. The average molecular weight is 503 g/mol. The van der Waals surface area contributed by atoms with Crippen molar-refractivity contribution in [3.8, 4) is 0 Å². The summed E-state index contributed by atoms with van der Waals surface area (Å²) in [5, 5.41) is 0. The summed E-state index contributed by atoms with van der Waals surface area (Å²) in [7, 11) is 0. The zero-order valence-corrected chi connectivity index (χ0v) is 23.0. The van der Waals surface area contributed by atoms with Crippen molar-refractivity contribution >= 4 is 23.9 Å². The second-order valence-electron chi connectivity index (χ2n) is 9.36. The number of carbonyl (C=O) groups is 4. The zero-order valence-electron chi connectivity index (χ0n) is 23.0. The molecule has 0 amide bonds. The highest BCUT2D eigenvalue weighted by molar-refractivity contribution is 5.78. The molecule has 0 N–H and O–H groups in total. The molecule has 0 saturated heterocycles. The molecule has 0 heterocycles. The van der Waals surface area contributed by atoms with Gasteiger partial charge < -0.3 is 18.9 Å². The normalized spacial score (nSPS) is 10.4. The van der Waals surface area contributed by atoms with Crippen LogP contribution in [0.3, 0.4) is 0 Å². The van der Waals surface area contributed by atoms with Crippen LogP contribution >= 0.6 is 0 Å². The van der Waals surface area contributed by atoms with Crippen molar-refractivity contribution in [2.45, 2.75) is 112 Å². The summed E-state index contributed by atoms with van der Waals surface area (Å²) in [6.45, 7) is 13.8. The third-order valence-electron chi connectivity index (χ3n) is 4.49. The van der Waals surface area contributed by atoms with Crippen LogP contribution in [0.5, 0.6) is 0 Å². The van der Waals surface area contributed by atoms with E-state index in [1.165, 1.54) is 6.42 Å². The Bertz CT molecular complexity index is 557. The Morgan fingerprint density at radius 1 is 0.486 bits per heavy atom. The van der Waals surface area contributed by atoms with Gasteiger partial charge in [0.25, 0.3) is 0 Å². The van der Waals surface area contributed by atoms with Gasteiger partial charge in [-0.3, -0.25) is 19.2 Å². The molecule has 0 aromatic heterocycles. The van der Waals surface area contributed by atoms with E-state index < -0.39 is 0 Å². The molecular formula is C27H50O8. The van der Waals surface area contributed by atoms with Gasteiger partial charge in [0.15, 0.2) is 0 Å². The standard InChI is InChI=1S/C14H26O4.C13H24O4/c1-4-5-6-7-10-17-13(15)8-9-14(16)18-11-12(2)3;1-4-5-6-9-16-12(14)7-8-13(15)17-10-11(2)3/h12H,4-11H2,1-3H3;11H,4-10H2,1-3H3. The number of ether oxygens (including phenoxy) is 4. The number of carbonyl (C=O) groups excluding carboxylic acids is 4. The zero-order chi connectivity index (χ0) is 26.9. The SMILES string of the molecule is CCCCCCOC(=O)CCC(=O)OCC(C)C.CCCCCOC(=O)CCC(=O)OCC(C)C. The first kappa shape index (κ1) is 35.0. The molecule has 8 nitrogen and oxygen atoms in total. The molecule has 0 aromatic carbocycles. The van der Waals surface area contributed by atoms with Crippen molar-refractivity contribution in [1.29, 1.82) is 0 Å². The number of esters is 4. The fraction of sp³-hybridized carbons (Fsp3) is 0.852. The quantitative estimate of drug-likeness (QED) is 0.124. The summed E-state index contributed by atoms with van der Waals surface area (Å²) in [5.74, 6) is -0.647. The van der Waals surface area contributed by atoms with Crippen molar-refractivity contribution < 1.29 is 38.1 Å². The van der Waals surface area contributed by atoms with Crippen LogP contribution in [-0.2, 0) is 38.1 Å². The summed E-state index contributed by atoms with van der Waals surface area (Å²) in [5.41, 5.74) is 0. The maximum Gasteiger partial charge on any atom is 0.306 e. The summed E-state index contributed by atoms with van der Waals surface area (Å²) in [6, 6.07) is 0. The Balaban J connectivity index is 0. The maximum absolute atomic E-state index is 11.3. The molecule has 0 aliphatic carbocycles. The minimum atomic E-state index is -0.329. The van der Waals surface area contributed by atoms with Gasteiger partial charge in [-0.05, 0) is 24.7 Å². The van der Waals surface area contributed by atoms with Crippen molar-refractivity contribution in [1.82, 2.24) is 0 Å². The van der Waals surface area contributed by atoms with Gasteiger partial charge in [-0.2, -0.15) is 0 Å². The predicted octanol–water partition coefficient (Wildman–Crippen LogP) is 5.79. The minimum absolute atomic E-state index is 0.110. The molecule has 35 heavy (non-hydrogen) atoms. The second kappa shape index (κ2) is 25.0. The molecule has 0 saturated carbocycles. The maximum atomic E-state index is 11.3. The molecule has 8 heteroatoms. The number of hydrogen-bond donors (Lipinski definition) is 0. The third kappa shape index (κ3) is 29.8. The van der Waals surface area contributed by atoms with E-state index in [4.69, 9.17) is 18.9 Å². The van der Waals surface area contributed by atoms with Gasteiger partial charge >= 0.3 is 23.9 Å². The lowest BCUT2D eigenvalue weighted by Crippen LogP contribution is -2.13. The molecule has 0 unspecified atom stereocenters. The summed E-state index contributed by atoms with van der Waals surface area (Å²) >= 11 is 0. The van der Waals surface area contributed by atoms with Gasteiger partial charge in [-0.25, -0.2) is 0 Å². The Morgan fingerprint density at radius 2 is 0.800 bits per heavy atom. The van der Waals surface area contributed by atoms with Gasteiger partial charge in [0.2, 0.25) is 0 Å². The van der Waals surface area contributed by atoms with E-state index in [2.05, 4.69) is 13.8 Å². The van der Waals surface area contributed by atoms with Crippen LogP contribution in [0.15, 0.2) is 0 Å². The van der Waals surface area contributed by atoms with Crippen molar-refractivity contribution in [2.75, 3.05) is 26.4 Å². The molecule has 0 bridgehead atoms. The Kier molecular flexibility index (Phi) is 25.0. The van der Waals surface area contributed by atoms with Crippen molar-refractivity contribution in [3.05, 3.63) is 0 Å². The number of unbranched alkanes of at least 4 members (excludes halogenated alkanes) is 5. The molecule has 0 fully saturated rings. The first-order valence-electron chi connectivity index (χ1n) is 13.2. The lowest BCUT2D eigenvalue weighted by atomic mass is 10.2. The van der Waals surface area contributed by atoms with Crippen LogP contribution in [0.2, 0.25) is 0 Å². The largest absolute Gasteiger partial charge is 0.466 e. The highest BCUT2D eigenvalue weighted by Crippen LogP contribution is 2.03. The minimum Gasteiger partial charge on any atom is -0.466 e. The molecule has 0 aromatic rings. The number of hydrogen-bond acceptors (Lipinski definition) is 8. The van der Waals surface area contributed by atoms with Crippen LogP contribution in [0.25, 0.3) is 0 Å². The highest BCUT2D eigenvalue weighted by atomic mass is 16.5. The average Bonchev–Trinajstić information content (AvgIpc) is 2.81. The Labute approximate surface area is 212 Å². The van der Waals surface area contributed by atoms with E-state index in [1.54, 1.807) is 0 Å². The van der Waals surface area contributed by atoms with Gasteiger partial charge in [-0.1, -0.05) is 73.6 Å². The fourth-order valence-corrected chi connectivity index (χ4v) is 2.47. The molecule has 0 aliphatic heterocycles. The first-order chi connectivity index (χ1) is 16.6. The van der Waals surface area contributed by atoms with E-state index in [0.717, 1.165) is 38.5 Å². The van der Waals surface area contributed by atoms with Crippen LogP contribution < -0.4 is 0 Å². The van der Waals surface area contributed by atoms with Crippen LogP contribution in [0.1, 0.15) is 112 Å². The summed E-state index contributed by atoms with van der Waals surface area (Å²) in [6.07, 6.45) is 7.81. The highest BCUT2D eigenvalue weighted by Gasteiger charge is 2.10. The summed E-state index contributed by atoms with van der Waals surface area (Å²) < 4.78 is 19.9. The van der Waals surface area contributed by atoms with E-state index in [9.17, 15) is 19.2 Å². The Hall–Kier alpha value is -2.12. The van der Waals surface area contributed by atoms with E-state index in [0.29, 0.717) is 38.3 Å². The van der Waals surface area contributed by atoms with Crippen molar-refractivity contribution in [3.63, 3.8) is 0 Å². The monoisotopic (exact) mass is 502 g/mol.